The zero-order chi connectivity index (χ0) is 49.2. The standard InChI is InChI=1S/C70H41N3OS/c1-2-15-42(16-3-1)45-17-12-18-47(39-45)67-71-68(48-35-37-53-52-21-7-11-30-63(52)75-64(53)41-48)73-69(72-67)55-24-14-29-62-66(55)56-40-46(36-38-61(56)74-62)43-31-33-44(34-32-43)49-23-13-28-60-65(49)54-22-6-10-27-59(54)70(60)57-25-8-4-19-50(57)51-20-5-9-26-58(51)70/h1-41H. The fourth-order valence-electron chi connectivity index (χ4n) is 12.5. The van der Waals surface area contributed by atoms with Gasteiger partial charge in [0.25, 0.3) is 0 Å². The van der Waals surface area contributed by atoms with Gasteiger partial charge in [0.05, 0.1) is 5.41 Å². The van der Waals surface area contributed by atoms with E-state index in [2.05, 4.69) is 231 Å². The molecule has 0 bridgehead atoms. The van der Waals surface area contributed by atoms with E-state index in [4.69, 9.17) is 19.4 Å². The maximum Gasteiger partial charge on any atom is 0.164 e. The third-order valence-electron chi connectivity index (χ3n) is 15.8. The maximum atomic E-state index is 6.64. The van der Waals surface area contributed by atoms with Crippen LogP contribution in [0.5, 0.6) is 0 Å². The largest absolute Gasteiger partial charge is 0.456 e. The Hall–Kier alpha value is -9.55. The van der Waals surface area contributed by atoms with Gasteiger partial charge in [-0.25, -0.2) is 15.0 Å². The lowest BCUT2D eigenvalue weighted by Crippen LogP contribution is -2.25. The first kappa shape index (κ1) is 42.0. The number of fused-ring (bicyclic) bond motifs is 16. The van der Waals surface area contributed by atoms with Gasteiger partial charge in [0, 0.05) is 47.6 Å². The second-order valence-corrected chi connectivity index (χ2v) is 20.8. The summed E-state index contributed by atoms with van der Waals surface area (Å²) in [5.41, 5.74) is 21.4. The molecule has 0 radical (unpaired) electrons. The Bertz CT molecular complexity index is 4620. The number of thiophene rings is 1. The quantitative estimate of drug-likeness (QED) is 0.167. The van der Waals surface area contributed by atoms with Crippen molar-refractivity contribution in [3.05, 3.63) is 271 Å². The van der Waals surface area contributed by atoms with E-state index in [9.17, 15) is 0 Å². The molecule has 2 aliphatic carbocycles. The minimum Gasteiger partial charge on any atom is -0.456 e. The van der Waals surface area contributed by atoms with Gasteiger partial charge in [0.15, 0.2) is 17.5 Å². The van der Waals surface area contributed by atoms with Gasteiger partial charge in [-0.05, 0) is 114 Å². The topological polar surface area (TPSA) is 51.8 Å². The normalized spacial score (nSPS) is 12.9. The van der Waals surface area contributed by atoms with Crippen molar-refractivity contribution in [1.82, 2.24) is 15.0 Å². The number of hydrogen-bond donors (Lipinski definition) is 0. The minimum absolute atomic E-state index is 0.386. The molecule has 4 nitrogen and oxygen atoms in total. The van der Waals surface area contributed by atoms with E-state index in [1.165, 1.54) is 75.8 Å². The molecule has 1 spiro atoms. The van der Waals surface area contributed by atoms with Crippen LogP contribution >= 0.6 is 11.3 Å². The summed E-state index contributed by atoms with van der Waals surface area (Å²) < 4.78 is 9.09. The molecule has 0 saturated heterocycles. The molecule has 2 aliphatic rings. The third kappa shape index (κ3) is 6.26. The number of hydrogen-bond acceptors (Lipinski definition) is 5. The molecule has 348 valence electrons. The van der Waals surface area contributed by atoms with Crippen LogP contribution in [0.15, 0.2) is 253 Å². The van der Waals surface area contributed by atoms with E-state index in [1.807, 2.05) is 18.2 Å². The van der Waals surface area contributed by atoms with Crippen LogP contribution in [0.2, 0.25) is 0 Å². The molecule has 0 amide bonds. The minimum atomic E-state index is -0.386. The number of benzene rings is 11. The maximum absolute atomic E-state index is 6.64. The van der Waals surface area contributed by atoms with Gasteiger partial charge in [-0.1, -0.05) is 212 Å². The Labute approximate surface area is 436 Å². The van der Waals surface area contributed by atoms with Crippen LogP contribution in [-0.2, 0) is 5.41 Å². The van der Waals surface area contributed by atoms with Gasteiger partial charge >= 0.3 is 0 Å². The van der Waals surface area contributed by atoms with Gasteiger partial charge < -0.3 is 4.42 Å². The Balaban J connectivity index is 0.817. The van der Waals surface area contributed by atoms with Crippen LogP contribution < -0.4 is 0 Å². The smallest absolute Gasteiger partial charge is 0.164 e. The summed E-state index contributed by atoms with van der Waals surface area (Å²) in [6.45, 7) is 0. The van der Waals surface area contributed by atoms with Gasteiger partial charge in [-0.3, -0.25) is 0 Å². The van der Waals surface area contributed by atoms with E-state index in [1.54, 1.807) is 11.3 Å². The first-order valence-corrected chi connectivity index (χ1v) is 26.3. The number of rotatable bonds is 6. The lowest BCUT2D eigenvalue weighted by molar-refractivity contribution is 0.669. The molecule has 5 heteroatoms. The predicted octanol–water partition coefficient (Wildman–Crippen LogP) is 18.5. The highest BCUT2D eigenvalue weighted by atomic mass is 32.1. The lowest BCUT2D eigenvalue weighted by atomic mass is 9.70. The molecule has 0 saturated carbocycles. The fraction of sp³-hybridized carbons (Fsp3) is 0.0143. The molecule has 0 atom stereocenters. The lowest BCUT2D eigenvalue weighted by Gasteiger charge is -2.30. The van der Waals surface area contributed by atoms with Crippen LogP contribution in [0.25, 0.3) is 132 Å². The highest BCUT2D eigenvalue weighted by Gasteiger charge is 2.52. The monoisotopic (exact) mass is 971 g/mol. The predicted molar refractivity (Wildman–Crippen MR) is 309 cm³/mol. The molecule has 3 heterocycles. The molecule has 0 aliphatic heterocycles. The summed E-state index contributed by atoms with van der Waals surface area (Å²) in [6, 6.07) is 89.8. The van der Waals surface area contributed by atoms with Gasteiger partial charge in [0.1, 0.15) is 11.2 Å². The van der Waals surface area contributed by atoms with Crippen LogP contribution in [0, 0.1) is 0 Å². The molecule has 14 aromatic rings. The van der Waals surface area contributed by atoms with Crippen molar-refractivity contribution in [2.45, 2.75) is 5.41 Å². The van der Waals surface area contributed by atoms with Gasteiger partial charge in [-0.15, -0.1) is 11.3 Å². The number of furan rings is 1. The summed E-state index contributed by atoms with van der Waals surface area (Å²) in [4.78, 5) is 15.9. The van der Waals surface area contributed by atoms with Crippen molar-refractivity contribution in [3.63, 3.8) is 0 Å². The van der Waals surface area contributed by atoms with E-state index in [0.717, 1.165) is 60.9 Å². The Morgan fingerprint density at radius 3 is 1.61 bits per heavy atom. The van der Waals surface area contributed by atoms with Crippen LogP contribution in [-0.4, -0.2) is 15.0 Å². The molecule has 0 fully saturated rings. The zero-order valence-corrected chi connectivity index (χ0v) is 41.1. The van der Waals surface area contributed by atoms with Crippen molar-refractivity contribution >= 4 is 53.4 Å². The molecule has 16 rings (SSSR count). The number of nitrogens with zero attached hydrogens (tertiary/aromatic N) is 3. The van der Waals surface area contributed by atoms with E-state index < -0.39 is 0 Å². The fourth-order valence-corrected chi connectivity index (χ4v) is 13.7. The molecule has 0 unspecified atom stereocenters. The molecular formula is C70H41N3OS. The van der Waals surface area contributed by atoms with Crippen molar-refractivity contribution < 1.29 is 4.42 Å². The Morgan fingerprint density at radius 1 is 0.293 bits per heavy atom. The van der Waals surface area contributed by atoms with Crippen LogP contribution in [0.3, 0.4) is 0 Å². The molecule has 75 heavy (non-hydrogen) atoms. The van der Waals surface area contributed by atoms with Crippen LogP contribution in [0.4, 0.5) is 0 Å². The van der Waals surface area contributed by atoms with Crippen LogP contribution in [0.1, 0.15) is 22.3 Å². The zero-order valence-electron chi connectivity index (χ0n) is 40.3. The SMILES string of the molecule is c1ccc(-c2cccc(-c3nc(-c4ccc5c(c4)sc4ccccc45)nc(-c4cccc5oc6ccc(-c7ccc(-c8cccc9c8-c8ccccc8C98c9ccccc9-c9ccccc98)cc7)cc6c45)n3)c2)cc1. The second kappa shape index (κ2) is 16.2. The number of aromatic nitrogens is 3. The average Bonchev–Trinajstić information content (AvgIpc) is 4.23. The first-order valence-electron chi connectivity index (χ1n) is 25.5. The molecular weight excluding hydrogens is 931 g/mol. The summed E-state index contributed by atoms with van der Waals surface area (Å²) in [6.07, 6.45) is 0. The first-order chi connectivity index (χ1) is 37.2. The third-order valence-corrected chi connectivity index (χ3v) is 16.9. The summed E-state index contributed by atoms with van der Waals surface area (Å²) in [5, 5.41) is 4.46. The van der Waals surface area contributed by atoms with Crippen molar-refractivity contribution in [2.75, 3.05) is 0 Å². The summed E-state index contributed by atoms with van der Waals surface area (Å²) in [7, 11) is 0. The summed E-state index contributed by atoms with van der Waals surface area (Å²) in [5.74, 6) is 1.81. The highest BCUT2D eigenvalue weighted by Crippen LogP contribution is 2.64. The molecule has 0 N–H and O–H groups in total. The Kier molecular flexibility index (Phi) is 9.09. The van der Waals surface area contributed by atoms with E-state index >= 15 is 0 Å². The van der Waals surface area contributed by atoms with Crippen molar-refractivity contribution in [2.24, 2.45) is 0 Å². The van der Waals surface area contributed by atoms with Crippen molar-refractivity contribution in [1.29, 1.82) is 0 Å². The van der Waals surface area contributed by atoms with Gasteiger partial charge in [-0.2, -0.15) is 0 Å². The van der Waals surface area contributed by atoms with E-state index in [-0.39, 0.29) is 5.41 Å². The molecule has 11 aromatic carbocycles. The average molecular weight is 972 g/mol. The van der Waals surface area contributed by atoms with Gasteiger partial charge in [0.2, 0.25) is 0 Å². The molecule has 3 aromatic heterocycles. The highest BCUT2D eigenvalue weighted by molar-refractivity contribution is 7.25. The summed E-state index contributed by atoms with van der Waals surface area (Å²) >= 11 is 1.79. The second-order valence-electron chi connectivity index (χ2n) is 19.7. The van der Waals surface area contributed by atoms with Crippen molar-refractivity contribution in [3.8, 4) is 89.8 Å². The van der Waals surface area contributed by atoms with E-state index in [0.29, 0.717) is 17.5 Å². The Morgan fingerprint density at radius 2 is 0.813 bits per heavy atom.